The van der Waals surface area contributed by atoms with Gasteiger partial charge in [-0.05, 0) is 43.2 Å². The minimum absolute atomic E-state index is 0.00987. The first-order valence-electron chi connectivity index (χ1n) is 7.75. The molecule has 0 aliphatic heterocycles. The monoisotopic (exact) mass is 356 g/mol. The summed E-state index contributed by atoms with van der Waals surface area (Å²) in [4.78, 5) is 32.1. The fraction of sp³-hybridized carbons (Fsp3) is 0.211. The highest BCUT2D eigenvalue weighted by Crippen LogP contribution is 2.27. The molecule has 0 aliphatic carbocycles. The lowest BCUT2D eigenvalue weighted by Gasteiger charge is -2.05. The fourth-order valence-electron chi connectivity index (χ4n) is 2.70. The second-order valence-electron chi connectivity index (χ2n) is 5.90. The van der Waals surface area contributed by atoms with Crippen molar-refractivity contribution in [2.24, 2.45) is 0 Å². The van der Waals surface area contributed by atoms with Gasteiger partial charge in [-0.25, -0.2) is 0 Å². The van der Waals surface area contributed by atoms with Crippen LogP contribution in [0.1, 0.15) is 32.9 Å². The van der Waals surface area contributed by atoms with Crippen molar-refractivity contribution in [2.45, 2.75) is 20.3 Å². The zero-order valence-corrected chi connectivity index (χ0v) is 14.9. The highest BCUT2D eigenvalue weighted by atomic mass is 35.5. The van der Waals surface area contributed by atoms with Crippen LogP contribution in [0.25, 0.3) is 10.9 Å². The molecule has 128 valence electrons. The maximum absolute atomic E-state index is 13.0. The molecule has 0 fully saturated rings. The first kappa shape index (κ1) is 17.2. The van der Waals surface area contributed by atoms with Gasteiger partial charge in [0, 0.05) is 27.7 Å². The summed E-state index contributed by atoms with van der Waals surface area (Å²) in [5.41, 5.74) is 3.93. The van der Waals surface area contributed by atoms with Gasteiger partial charge in [-0.2, -0.15) is 0 Å². The number of benzene rings is 1. The molecule has 1 aromatic carbocycles. The van der Waals surface area contributed by atoms with Crippen molar-refractivity contribution in [3.63, 3.8) is 0 Å². The number of nitrogens with zero attached hydrogens (tertiary/aromatic N) is 1. The van der Waals surface area contributed by atoms with Gasteiger partial charge in [0.05, 0.1) is 19.2 Å². The summed E-state index contributed by atoms with van der Waals surface area (Å²) < 4.78 is 4.77. The minimum Gasteiger partial charge on any atom is -0.469 e. The van der Waals surface area contributed by atoms with Gasteiger partial charge in [0.1, 0.15) is 5.69 Å². The van der Waals surface area contributed by atoms with Gasteiger partial charge in [-0.1, -0.05) is 17.7 Å². The topological polar surface area (TPSA) is 72.1 Å². The number of carbonyl (C=O) groups is 2. The second kappa shape index (κ2) is 6.69. The Morgan fingerprint density at radius 3 is 2.64 bits per heavy atom. The first-order valence-corrected chi connectivity index (χ1v) is 8.13. The SMILES string of the molecule is COC(=O)Cc1c(C(=O)c2cc(C)c(C)cn2)[nH]c2cc(Cl)ccc12. The normalized spacial score (nSPS) is 10.9. The van der Waals surface area contributed by atoms with Crippen LogP contribution in [0.5, 0.6) is 0 Å². The predicted octanol–water partition coefficient (Wildman–Crippen LogP) is 3.78. The molecule has 0 atom stereocenters. The van der Waals surface area contributed by atoms with Gasteiger partial charge in [-0.3, -0.25) is 14.6 Å². The summed E-state index contributed by atoms with van der Waals surface area (Å²) in [6, 6.07) is 6.98. The van der Waals surface area contributed by atoms with Crippen LogP contribution in [0.2, 0.25) is 5.02 Å². The van der Waals surface area contributed by atoms with E-state index >= 15 is 0 Å². The summed E-state index contributed by atoms with van der Waals surface area (Å²) in [6.07, 6.45) is 1.66. The third kappa shape index (κ3) is 3.28. The van der Waals surface area contributed by atoms with E-state index in [1.165, 1.54) is 7.11 Å². The van der Waals surface area contributed by atoms with Crippen molar-refractivity contribution < 1.29 is 14.3 Å². The molecule has 0 amide bonds. The number of halogens is 1. The molecular formula is C19H17ClN2O3. The molecule has 0 saturated carbocycles. The molecule has 0 unspecified atom stereocenters. The lowest BCUT2D eigenvalue weighted by atomic mass is 10.0. The van der Waals surface area contributed by atoms with E-state index in [4.69, 9.17) is 16.3 Å². The van der Waals surface area contributed by atoms with E-state index in [-0.39, 0.29) is 12.2 Å². The number of pyridine rings is 1. The standard InChI is InChI=1S/C19H17ClN2O3/c1-10-6-16(21-9-11(10)2)19(24)18-14(8-17(23)25-3)13-5-4-12(20)7-15(13)22-18/h4-7,9,22H,8H2,1-3H3. The van der Waals surface area contributed by atoms with Crippen molar-refractivity contribution in [1.82, 2.24) is 9.97 Å². The van der Waals surface area contributed by atoms with Gasteiger partial charge < -0.3 is 9.72 Å². The highest BCUT2D eigenvalue weighted by molar-refractivity contribution is 6.31. The molecule has 5 nitrogen and oxygen atoms in total. The number of aromatic nitrogens is 2. The maximum Gasteiger partial charge on any atom is 0.310 e. The van der Waals surface area contributed by atoms with Crippen LogP contribution < -0.4 is 0 Å². The Morgan fingerprint density at radius 2 is 1.96 bits per heavy atom. The quantitative estimate of drug-likeness (QED) is 0.570. The van der Waals surface area contributed by atoms with Gasteiger partial charge in [0.2, 0.25) is 5.78 Å². The molecule has 1 N–H and O–H groups in total. The number of methoxy groups -OCH3 is 1. The average Bonchev–Trinajstić information content (AvgIpc) is 2.94. The molecule has 0 aliphatic rings. The average molecular weight is 357 g/mol. The Morgan fingerprint density at radius 1 is 1.20 bits per heavy atom. The molecule has 0 spiro atoms. The number of aryl methyl sites for hydroxylation is 2. The van der Waals surface area contributed by atoms with E-state index in [1.807, 2.05) is 13.8 Å². The molecule has 0 saturated heterocycles. The smallest absolute Gasteiger partial charge is 0.310 e. The van der Waals surface area contributed by atoms with E-state index < -0.39 is 5.97 Å². The number of fused-ring (bicyclic) bond motifs is 1. The Bertz CT molecular complexity index is 992. The van der Waals surface area contributed by atoms with Crippen LogP contribution in [-0.2, 0) is 16.0 Å². The van der Waals surface area contributed by atoms with Crippen molar-refractivity contribution >= 4 is 34.3 Å². The Kier molecular flexibility index (Phi) is 4.59. The van der Waals surface area contributed by atoms with Crippen molar-refractivity contribution in [3.8, 4) is 0 Å². The third-order valence-corrected chi connectivity index (χ3v) is 4.48. The van der Waals surface area contributed by atoms with Crippen molar-refractivity contribution in [2.75, 3.05) is 7.11 Å². The molecule has 0 radical (unpaired) electrons. The lowest BCUT2D eigenvalue weighted by molar-refractivity contribution is -0.139. The van der Waals surface area contributed by atoms with Gasteiger partial charge in [0.25, 0.3) is 0 Å². The molecule has 25 heavy (non-hydrogen) atoms. The number of H-pyrrole nitrogens is 1. The van der Waals surface area contributed by atoms with Gasteiger partial charge >= 0.3 is 5.97 Å². The second-order valence-corrected chi connectivity index (χ2v) is 6.34. The number of esters is 1. The lowest BCUT2D eigenvalue weighted by Crippen LogP contribution is -2.11. The summed E-state index contributed by atoms with van der Waals surface area (Å²) in [7, 11) is 1.32. The van der Waals surface area contributed by atoms with E-state index in [0.717, 1.165) is 16.5 Å². The van der Waals surface area contributed by atoms with E-state index in [1.54, 1.807) is 30.5 Å². The summed E-state index contributed by atoms with van der Waals surface area (Å²) >= 11 is 6.04. The number of ether oxygens (including phenoxy) is 1. The van der Waals surface area contributed by atoms with Crippen molar-refractivity contribution in [1.29, 1.82) is 0 Å². The van der Waals surface area contributed by atoms with Crippen LogP contribution in [-0.4, -0.2) is 28.8 Å². The zero-order chi connectivity index (χ0) is 18.1. The number of ketones is 1. The Hall–Kier alpha value is -2.66. The van der Waals surface area contributed by atoms with Crippen LogP contribution in [0, 0.1) is 13.8 Å². The number of rotatable bonds is 4. The maximum atomic E-state index is 13.0. The van der Waals surface area contributed by atoms with Crippen LogP contribution in [0.15, 0.2) is 30.5 Å². The van der Waals surface area contributed by atoms with Crippen LogP contribution in [0.4, 0.5) is 0 Å². The fourth-order valence-corrected chi connectivity index (χ4v) is 2.87. The summed E-state index contributed by atoms with van der Waals surface area (Å²) in [5, 5.41) is 1.31. The zero-order valence-electron chi connectivity index (χ0n) is 14.1. The molecular weight excluding hydrogens is 340 g/mol. The molecule has 3 aromatic rings. The predicted molar refractivity (Wildman–Crippen MR) is 96.2 cm³/mol. The molecule has 2 aromatic heterocycles. The van der Waals surface area contributed by atoms with Crippen molar-refractivity contribution in [3.05, 3.63) is 63.6 Å². The number of hydrogen-bond donors (Lipinski definition) is 1. The van der Waals surface area contributed by atoms with E-state index in [2.05, 4.69) is 9.97 Å². The third-order valence-electron chi connectivity index (χ3n) is 4.25. The highest BCUT2D eigenvalue weighted by Gasteiger charge is 2.22. The molecule has 0 bridgehead atoms. The van der Waals surface area contributed by atoms with Crippen LogP contribution in [0.3, 0.4) is 0 Å². The Labute approximate surface area is 150 Å². The molecule has 2 heterocycles. The minimum atomic E-state index is -0.419. The largest absolute Gasteiger partial charge is 0.469 e. The molecule has 3 rings (SSSR count). The number of aromatic amines is 1. The number of nitrogens with one attached hydrogen (secondary N) is 1. The first-order chi connectivity index (χ1) is 11.9. The van der Waals surface area contributed by atoms with E-state index in [9.17, 15) is 9.59 Å². The van der Waals surface area contributed by atoms with Gasteiger partial charge in [-0.15, -0.1) is 0 Å². The van der Waals surface area contributed by atoms with Gasteiger partial charge in [0.15, 0.2) is 0 Å². The van der Waals surface area contributed by atoms with Crippen LogP contribution >= 0.6 is 11.6 Å². The number of carbonyl (C=O) groups excluding carboxylic acids is 2. The summed E-state index contributed by atoms with van der Waals surface area (Å²) in [6.45, 7) is 3.86. The summed E-state index contributed by atoms with van der Waals surface area (Å²) in [5.74, 6) is -0.688. The Balaban J connectivity index is 2.16. The van der Waals surface area contributed by atoms with E-state index in [0.29, 0.717) is 27.5 Å². The number of hydrogen-bond acceptors (Lipinski definition) is 4. The molecule has 6 heteroatoms.